The molecule has 1 aliphatic rings. The highest BCUT2D eigenvalue weighted by atomic mass is 32.2. The van der Waals surface area contributed by atoms with Crippen molar-refractivity contribution in [1.82, 2.24) is 0 Å². The first-order valence-electron chi connectivity index (χ1n) is 6.44. The van der Waals surface area contributed by atoms with Gasteiger partial charge in [-0.15, -0.1) is 0 Å². The molecular formula is C13H18N2O3S2. The second-order valence-corrected chi connectivity index (χ2v) is 7.20. The second-order valence-electron chi connectivity index (χ2n) is 4.80. The van der Waals surface area contributed by atoms with Crippen molar-refractivity contribution in [1.29, 1.82) is 0 Å². The maximum absolute atomic E-state index is 12.4. The second kappa shape index (κ2) is 5.97. The van der Waals surface area contributed by atoms with Gasteiger partial charge >= 0.3 is 0 Å². The highest BCUT2D eigenvalue weighted by Gasteiger charge is 2.30. The molecule has 1 aromatic carbocycles. The van der Waals surface area contributed by atoms with Gasteiger partial charge in [-0.2, -0.15) is 0 Å². The molecule has 3 N–H and O–H groups in total. The van der Waals surface area contributed by atoms with E-state index in [0.29, 0.717) is 29.8 Å². The summed E-state index contributed by atoms with van der Waals surface area (Å²) in [5.41, 5.74) is 6.45. The van der Waals surface area contributed by atoms with Gasteiger partial charge in [0.15, 0.2) is 0 Å². The van der Waals surface area contributed by atoms with E-state index in [0.717, 1.165) is 12.8 Å². The van der Waals surface area contributed by atoms with Gasteiger partial charge in [0, 0.05) is 5.56 Å². The summed E-state index contributed by atoms with van der Waals surface area (Å²) >= 11 is 4.97. The fourth-order valence-electron chi connectivity index (χ4n) is 2.44. The molecule has 0 unspecified atom stereocenters. The molecular weight excluding hydrogens is 296 g/mol. The molecule has 0 saturated heterocycles. The Bertz CT molecular complexity index is 608. The highest BCUT2D eigenvalue weighted by Crippen LogP contribution is 2.32. The van der Waals surface area contributed by atoms with Crippen molar-refractivity contribution in [2.45, 2.75) is 30.9 Å². The quantitative estimate of drug-likeness (QED) is 0.813. The Labute approximate surface area is 124 Å². The maximum Gasteiger partial charge on any atom is 0.235 e. The van der Waals surface area contributed by atoms with E-state index in [1.54, 1.807) is 18.2 Å². The zero-order valence-corrected chi connectivity index (χ0v) is 12.9. The van der Waals surface area contributed by atoms with Gasteiger partial charge in [-0.1, -0.05) is 31.1 Å². The number of anilines is 1. The highest BCUT2D eigenvalue weighted by molar-refractivity contribution is 7.93. The fraction of sp³-hybridized carbons (Fsp3) is 0.462. The number of sulfonamides is 1. The number of para-hydroxylation sites is 1. The number of hydrogen-bond donors (Lipinski definition) is 2. The minimum Gasteiger partial charge on any atom is -0.495 e. The molecule has 0 atom stereocenters. The molecule has 0 amide bonds. The normalized spacial score (nSPS) is 16.1. The van der Waals surface area contributed by atoms with Gasteiger partial charge in [0.1, 0.15) is 16.4 Å². The summed E-state index contributed by atoms with van der Waals surface area (Å²) in [5, 5.41) is -0.355. The van der Waals surface area contributed by atoms with Crippen LogP contribution in [0.15, 0.2) is 18.2 Å². The lowest BCUT2D eigenvalue weighted by molar-refractivity contribution is 0.417. The Morgan fingerprint density at radius 2 is 2.05 bits per heavy atom. The van der Waals surface area contributed by atoms with E-state index < -0.39 is 10.0 Å². The Hall–Kier alpha value is -1.34. The van der Waals surface area contributed by atoms with Crippen molar-refractivity contribution in [2.75, 3.05) is 11.8 Å². The molecule has 0 aliphatic heterocycles. The summed E-state index contributed by atoms with van der Waals surface area (Å²) in [7, 11) is -1.97. The van der Waals surface area contributed by atoms with Gasteiger partial charge < -0.3 is 10.5 Å². The molecule has 0 bridgehead atoms. The lowest BCUT2D eigenvalue weighted by Gasteiger charge is -2.18. The van der Waals surface area contributed by atoms with Crippen molar-refractivity contribution in [3.63, 3.8) is 0 Å². The molecule has 0 heterocycles. The monoisotopic (exact) mass is 314 g/mol. The molecule has 1 fully saturated rings. The Morgan fingerprint density at radius 1 is 1.40 bits per heavy atom. The maximum atomic E-state index is 12.4. The third-order valence-electron chi connectivity index (χ3n) is 3.50. The van der Waals surface area contributed by atoms with Crippen LogP contribution in [0.4, 0.5) is 5.69 Å². The van der Waals surface area contributed by atoms with Crippen molar-refractivity contribution in [3.05, 3.63) is 23.8 Å². The molecule has 2 rings (SSSR count). The minimum atomic E-state index is -3.45. The summed E-state index contributed by atoms with van der Waals surface area (Å²) in [6, 6.07) is 5.08. The lowest BCUT2D eigenvalue weighted by atomic mass is 10.1. The molecule has 0 radical (unpaired) electrons. The van der Waals surface area contributed by atoms with E-state index in [4.69, 9.17) is 22.7 Å². The van der Waals surface area contributed by atoms with E-state index in [2.05, 4.69) is 4.72 Å². The summed E-state index contributed by atoms with van der Waals surface area (Å²) < 4.78 is 32.6. The Kier molecular flexibility index (Phi) is 4.49. The van der Waals surface area contributed by atoms with E-state index >= 15 is 0 Å². The van der Waals surface area contributed by atoms with E-state index in [1.807, 2.05) is 0 Å². The molecule has 7 heteroatoms. The molecule has 110 valence electrons. The van der Waals surface area contributed by atoms with Gasteiger partial charge in [-0.05, 0) is 25.0 Å². The van der Waals surface area contributed by atoms with Crippen LogP contribution in [0.5, 0.6) is 5.75 Å². The van der Waals surface area contributed by atoms with Crippen LogP contribution in [0.2, 0.25) is 0 Å². The third kappa shape index (κ3) is 3.04. The van der Waals surface area contributed by atoms with Gasteiger partial charge in [-0.25, -0.2) is 8.42 Å². The standard InChI is InChI=1S/C13H18N2O3S2/c1-18-11-8-4-7-10(13(14)19)12(11)15-20(16,17)9-5-2-3-6-9/h4,7-9,15H,2-3,5-6H2,1H3,(H2,14,19). The van der Waals surface area contributed by atoms with Crippen LogP contribution >= 0.6 is 12.2 Å². The summed E-state index contributed by atoms with van der Waals surface area (Å²) in [6.45, 7) is 0. The first-order valence-corrected chi connectivity index (χ1v) is 8.39. The summed E-state index contributed by atoms with van der Waals surface area (Å²) in [6.07, 6.45) is 3.26. The van der Waals surface area contributed by atoms with E-state index in [-0.39, 0.29) is 10.2 Å². The number of methoxy groups -OCH3 is 1. The fourth-order valence-corrected chi connectivity index (χ4v) is 4.22. The molecule has 0 aromatic heterocycles. The van der Waals surface area contributed by atoms with Crippen molar-refractivity contribution >= 4 is 32.9 Å². The van der Waals surface area contributed by atoms with E-state index in [9.17, 15) is 8.42 Å². The molecule has 1 saturated carbocycles. The zero-order valence-electron chi connectivity index (χ0n) is 11.3. The van der Waals surface area contributed by atoms with Crippen LogP contribution < -0.4 is 15.2 Å². The summed E-state index contributed by atoms with van der Waals surface area (Å²) in [4.78, 5) is 0.132. The third-order valence-corrected chi connectivity index (χ3v) is 5.55. The zero-order chi connectivity index (χ0) is 14.8. The van der Waals surface area contributed by atoms with Crippen molar-refractivity contribution in [3.8, 4) is 5.75 Å². The molecule has 20 heavy (non-hydrogen) atoms. The predicted molar refractivity (Wildman–Crippen MR) is 83.7 cm³/mol. The van der Waals surface area contributed by atoms with Crippen molar-refractivity contribution in [2.24, 2.45) is 5.73 Å². The topological polar surface area (TPSA) is 81.4 Å². The summed E-state index contributed by atoms with van der Waals surface area (Å²) in [5.74, 6) is 0.414. The average Bonchev–Trinajstić information content (AvgIpc) is 2.93. The largest absolute Gasteiger partial charge is 0.495 e. The van der Waals surface area contributed by atoms with Gasteiger partial charge in [-0.3, -0.25) is 4.72 Å². The number of nitrogens with two attached hydrogens (primary N) is 1. The van der Waals surface area contributed by atoms with Gasteiger partial charge in [0.05, 0.1) is 12.4 Å². The number of benzene rings is 1. The molecule has 0 spiro atoms. The minimum absolute atomic E-state index is 0.132. The Morgan fingerprint density at radius 3 is 2.60 bits per heavy atom. The van der Waals surface area contributed by atoms with Crippen LogP contribution in [0.25, 0.3) is 0 Å². The smallest absolute Gasteiger partial charge is 0.235 e. The number of nitrogens with one attached hydrogen (secondary N) is 1. The number of thiocarbonyl (C=S) groups is 1. The molecule has 1 aliphatic carbocycles. The van der Waals surface area contributed by atoms with Crippen LogP contribution in [0, 0.1) is 0 Å². The van der Waals surface area contributed by atoms with Crippen LogP contribution in [0.3, 0.4) is 0 Å². The van der Waals surface area contributed by atoms with Crippen LogP contribution in [-0.2, 0) is 10.0 Å². The van der Waals surface area contributed by atoms with Gasteiger partial charge in [0.2, 0.25) is 10.0 Å². The molecule has 5 nitrogen and oxygen atoms in total. The SMILES string of the molecule is COc1cccc(C(N)=S)c1NS(=O)(=O)C1CCCC1. The number of rotatable bonds is 5. The van der Waals surface area contributed by atoms with Crippen LogP contribution in [0.1, 0.15) is 31.2 Å². The van der Waals surface area contributed by atoms with Gasteiger partial charge in [0.25, 0.3) is 0 Å². The average molecular weight is 314 g/mol. The first-order chi connectivity index (χ1) is 9.45. The van der Waals surface area contributed by atoms with Crippen molar-refractivity contribution < 1.29 is 13.2 Å². The molecule has 1 aromatic rings. The lowest BCUT2D eigenvalue weighted by Crippen LogP contribution is -2.27. The number of hydrogen-bond acceptors (Lipinski definition) is 4. The first kappa shape index (κ1) is 15.1. The predicted octanol–water partition coefficient (Wildman–Crippen LogP) is 2.01. The number of ether oxygens (including phenoxy) is 1. The van der Waals surface area contributed by atoms with Crippen LogP contribution in [-0.4, -0.2) is 25.8 Å². The van der Waals surface area contributed by atoms with E-state index in [1.165, 1.54) is 7.11 Å². The Balaban J connectivity index is 2.39.